The molecule has 16 heteroatoms. The molecule has 0 aromatic carbocycles. The summed E-state index contributed by atoms with van der Waals surface area (Å²) in [4.78, 5) is 11.7. The molecular formula is C17H28O16. The molecule has 0 aromatic rings. The molecule has 192 valence electrons. The summed E-state index contributed by atoms with van der Waals surface area (Å²) in [5.74, 6) is -1.69. The number of aliphatic carboxylic acids is 1. The van der Waals surface area contributed by atoms with Gasteiger partial charge in [0, 0.05) is 0 Å². The summed E-state index contributed by atoms with van der Waals surface area (Å²) in [6, 6.07) is 0. The first-order chi connectivity index (χ1) is 15.5. The number of carboxylic acid groups (broad SMARTS) is 1. The lowest BCUT2D eigenvalue weighted by Crippen LogP contribution is -2.66. The standard InChI is InChI=1S/C17H28O16/c18-1-3-5(20)7(22)9(24)17(29-3)32-11-10(25)15(28)31-13(14(26)27)12(11)33-16-8(23)6(21)4(2-19)30-16/h3-13,15-25,28H,1-2H2,(H,26,27)/t3-,4+,5-,6+,7+,8-,9-,10-,11-,12+,13+,15-,16+,17+/m1/s1. The van der Waals surface area contributed by atoms with Crippen molar-refractivity contribution in [2.75, 3.05) is 13.2 Å². The fourth-order valence-corrected chi connectivity index (χ4v) is 3.81. The second-order valence-corrected chi connectivity index (χ2v) is 7.88. The van der Waals surface area contributed by atoms with Crippen LogP contribution in [0.1, 0.15) is 0 Å². The van der Waals surface area contributed by atoms with Gasteiger partial charge in [0.2, 0.25) is 0 Å². The van der Waals surface area contributed by atoms with Crippen LogP contribution in [0.4, 0.5) is 0 Å². The molecule has 0 aromatic heterocycles. The minimum Gasteiger partial charge on any atom is -0.479 e. The maximum Gasteiger partial charge on any atom is 0.335 e. The summed E-state index contributed by atoms with van der Waals surface area (Å²) in [5, 5.41) is 98.4. The molecule has 33 heavy (non-hydrogen) atoms. The molecule has 3 heterocycles. The van der Waals surface area contributed by atoms with Crippen molar-refractivity contribution in [3.63, 3.8) is 0 Å². The molecule has 3 aliphatic heterocycles. The van der Waals surface area contributed by atoms with Crippen molar-refractivity contribution >= 4 is 5.97 Å². The summed E-state index contributed by atoms with van der Waals surface area (Å²) in [5.41, 5.74) is 0. The van der Waals surface area contributed by atoms with Gasteiger partial charge < -0.3 is 74.7 Å². The fraction of sp³-hybridized carbons (Fsp3) is 0.941. The number of rotatable bonds is 7. The Morgan fingerprint density at radius 1 is 0.636 bits per heavy atom. The largest absolute Gasteiger partial charge is 0.479 e. The SMILES string of the molecule is O=C(O)[C@H]1O[C@@H](O)[C@H](O)[C@@H](O[C@@H]2O[C@H](CO)[C@@H](O)[C@H](O)[C@H]2O)[C@@H]1O[C@@H]1O[C@@H](CO)[C@H](O)[C@H]1O. The van der Waals surface area contributed by atoms with E-state index in [4.69, 9.17) is 23.7 Å². The maximum absolute atomic E-state index is 11.7. The van der Waals surface area contributed by atoms with Gasteiger partial charge in [0.05, 0.1) is 13.2 Å². The summed E-state index contributed by atoms with van der Waals surface area (Å²) in [6.07, 6.45) is -25.0. The molecule has 0 unspecified atom stereocenters. The number of carboxylic acids is 1. The van der Waals surface area contributed by atoms with E-state index in [0.29, 0.717) is 0 Å². The van der Waals surface area contributed by atoms with Crippen LogP contribution in [-0.2, 0) is 28.5 Å². The Labute approximate surface area is 185 Å². The minimum absolute atomic E-state index is 0.715. The van der Waals surface area contributed by atoms with Gasteiger partial charge in [-0.3, -0.25) is 0 Å². The highest BCUT2D eigenvalue weighted by molar-refractivity contribution is 5.73. The van der Waals surface area contributed by atoms with E-state index in [1.165, 1.54) is 0 Å². The Kier molecular flexibility index (Phi) is 8.57. The van der Waals surface area contributed by atoms with Gasteiger partial charge in [-0.15, -0.1) is 0 Å². The van der Waals surface area contributed by atoms with Crippen molar-refractivity contribution in [3.8, 4) is 0 Å². The quantitative estimate of drug-likeness (QED) is 0.159. The Balaban J connectivity index is 1.86. The Bertz CT molecular complexity index is 663. The monoisotopic (exact) mass is 488 g/mol. The molecular weight excluding hydrogens is 460 g/mol. The van der Waals surface area contributed by atoms with Crippen molar-refractivity contribution < 1.29 is 79.5 Å². The molecule has 3 saturated heterocycles. The molecule has 0 saturated carbocycles. The van der Waals surface area contributed by atoms with Crippen LogP contribution in [0.5, 0.6) is 0 Å². The fourth-order valence-electron chi connectivity index (χ4n) is 3.81. The predicted molar refractivity (Wildman–Crippen MR) is 95.8 cm³/mol. The van der Waals surface area contributed by atoms with Crippen LogP contribution < -0.4 is 0 Å². The van der Waals surface area contributed by atoms with E-state index in [2.05, 4.69) is 0 Å². The minimum atomic E-state index is -2.12. The van der Waals surface area contributed by atoms with E-state index in [1.54, 1.807) is 0 Å². The molecule has 14 atom stereocenters. The van der Waals surface area contributed by atoms with E-state index in [0.717, 1.165) is 0 Å². The van der Waals surface area contributed by atoms with Gasteiger partial charge in [-0.1, -0.05) is 0 Å². The van der Waals surface area contributed by atoms with Crippen molar-refractivity contribution in [1.29, 1.82) is 0 Å². The van der Waals surface area contributed by atoms with Crippen LogP contribution in [0.25, 0.3) is 0 Å². The highest BCUT2D eigenvalue weighted by atomic mass is 16.8. The normalized spacial score (nSPS) is 50.9. The van der Waals surface area contributed by atoms with Crippen molar-refractivity contribution in [2.24, 2.45) is 0 Å². The summed E-state index contributed by atoms with van der Waals surface area (Å²) in [6.45, 7) is -1.52. The highest BCUT2D eigenvalue weighted by Crippen LogP contribution is 2.33. The van der Waals surface area contributed by atoms with Gasteiger partial charge in [-0.25, -0.2) is 4.79 Å². The zero-order chi connectivity index (χ0) is 24.6. The van der Waals surface area contributed by atoms with Gasteiger partial charge >= 0.3 is 5.97 Å². The maximum atomic E-state index is 11.7. The van der Waals surface area contributed by atoms with Crippen LogP contribution >= 0.6 is 0 Å². The predicted octanol–water partition coefficient (Wildman–Crippen LogP) is -6.84. The lowest BCUT2D eigenvalue weighted by atomic mass is 9.96. The topological polar surface area (TPSA) is 266 Å². The highest BCUT2D eigenvalue weighted by Gasteiger charge is 2.55. The molecule has 3 rings (SSSR count). The first kappa shape index (κ1) is 26.5. The zero-order valence-corrected chi connectivity index (χ0v) is 16.9. The Morgan fingerprint density at radius 2 is 1.09 bits per heavy atom. The second-order valence-electron chi connectivity index (χ2n) is 7.88. The van der Waals surface area contributed by atoms with E-state index >= 15 is 0 Å². The summed E-state index contributed by atoms with van der Waals surface area (Å²) < 4.78 is 26.0. The third-order valence-corrected chi connectivity index (χ3v) is 5.71. The number of carbonyl (C=O) groups is 1. The molecule has 0 amide bonds. The van der Waals surface area contributed by atoms with Crippen molar-refractivity contribution in [3.05, 3.63) is 0 Å². The molecule has 0 aliphatic carbocycles. The Hall–Kier alpha value is -1.09. The van der Waals surface area contributed by atoms with Crippen molar-refractivity contribution in [1.82, 2.24) is 0 Å². The summed E-state index contributed by atoms with van der Waals surface area (Å²) >= 11 is 0. The molecule has 0 spiro atoms. The Morgan fingerprint density at radius 3 is 1.58 bits per heavy atom. The van der Waals surface area contributed by atoms with Crippen LogP contribution in [-0.4, -0.2) is 156 Å². The molecule has 3 fully saturated rings. The van der Waals surface area contributed by atoms with Crippen LogP contribution in [0.2, 0.25) is 0 Å². The van der Waals surface area contributed by atoms with Gasteiger partial charge in [0.25, 0.3) is 0 Å². The first-order valence-corrected chi connectivity index (χ1v) is 10.00. The smallest absolute Gasteiger partial charge is 0.335 e. The van der Waals surface area contributed by atoms with Crippen LogP contribution in [0, 0.1) is 0 Å². The molecule has 10 N–H and O–H groups in total. The van der Waals surface area contributed by atoms with Gasteiger partial charge in [-0.05, 0) is 0 Å². The third kappa shape index (κ3) is 5.14. The number of hydrogen-bond acceptors (Lipinski definition) is 15. The molecule has 0 bridgehead atoms. The van der Waals surface area contributed by atoms with E-state index in [1.807, 2.05) is 0 Å². The van der Waals surface area contributed by atoms with E-state index in [-0.39, 0.29) is 0 Å². The van der Waals surface area contributed by atoms with Crippen LogP contribution in [0.3, 0.4) is 0 Å². The molecule has 3 aliphatic rings. The number of ether oxygens (including phenoxy) is 5. The average molecular weight is 488 g/mol. The number of aliphatic hydroxyl groups excluding tert-OH is 9. The van der Waals surface area contributed by atoms with Gasteiger partial charge in [-0.2, -0.15) is 0 Å². The second kappa shape index (κ2) is 10.7. The summed E-state index contributed by atoms with van der Waals surface area (Å²) in [7, 11) is 0. The van der Waals surface area contributed by atoms with Crippen LogP contribution in [0.15, 0.2) is 0 Å². The van der Waals surface area contributed by atoms with Crippen molar-refractivity contribution in [2.45, 2.75) is 86.0 Å². The van der Waals surface area contributed by atoms with E-state index in [9.17, 15) is 55.9 Å². The first-order valence-electron chi connectivity index (χ1n) is 10.00. The molecule has 16 nitrogen and oxygen atoms in total. The zero-order valence-electron chi connectivity index (χ0n) is 16.9. The lowest BCUT2D eigenvalue weighted by Gasteiger charge is -2.46. The molecule has 0 radical (unpaired) electrons. The van der Waals surface area contributed by atoms with Gasteiger partial charge in [0.15, 0.2) is 25.0 Å². The number of hydrogen-bond donors (Lipinski definition) is 10. The number of aliphatic hydroxyl groups is 9. The van der Waals surface area contributed by atoms with E-state index < -0.39 is 105 Å². The third-order valence-electron chi connectivity index (χ3n) is 5.71. The lowest BCUT2D eigenvalue weighted by molar-refractivity contribution is -0.366. The van der Waals surface area contributed by atoms with Gasteiger partial charge in [0.1, 0.15) is 61.0 Å². The average Bonchev–Trinajstić information content (AvgIpc) is 3.05.